The first-order valence-electron chi connectivity index (χ1n) is 10.5. The van der Waals surface area contributed by atoms with Crippen molar-refractivity contribution in [1.29, 1.82) is 0 Å². The number of aliphatic hydroxyl groups is 1. The first-order chi connectivity index (χ1) is 12.1. The highest BCUT2D eigenvalue weighted by Gasteiger charge is 2.42. The van der Waals surface area contributed by atoms with Crippen LogP contribution < -0.4 is 0 Å². The van der Waals surface area contributed by atoms with Crippen LogP contribution in [-0.4, -0.2) is 36.8 Å². The Morgan fingerprint density at radius 3 is 2.76 bits per heavy atom. The normalized spacial score (nSPS) is 29.2. The zero-order valence-corrected chi connectivity index (χ0v) is 16.7. The van der Waals surface area contributed by atoms with Crippen molar-refractivity contribution in [3.8, 4) is 0 Å². The summed E-state index contributed by atoms with van der Waals surface area (Å²) in [5.41, 5.74) is 1.66. The van der Waals surface area contributed by atoms with Crippen LogP contribution in [0.3, 0.4) is 0 Å². The molecular weight excluding hydrogens is 306 g/mol. The van der Waals surface area contributed by atoms with Crippen molar-refractivity contribution in [2.75, 3.05) is 20.6 Å². The summed E-state index contributed by atoms with van der Waals surface area (Å²) >= 11 is 0. The fraction of sp³-hybridized carbons (Fsp3) is 0.739. The minimum Gasteiger partial charge on any atom is -0.392 e. The largest absolute Gasteiger partial charge is 0.392 e. The summed E-state index contributed by atoms with van der Waals surface area (Å²) < 4.78 is 0. The molecular formula is C23H39NO. The van der Waals surface area contributed by atoms with Crippen LogP contribution in [0.25, 0.3) is 0 Å². The van der Waals surface area contributed by atoms with Crippen molar-refractivity contribution in [3.05, 3.63) is 36.0 Å². The molecule has 1 fully saturated rings. The number of nitrogens with zero attached hydrogens (tertiary/aromatic N) is 1. The summed E-state index contributed by atoms with van der Waals surface area (Å²) in [6.45, 7) is 3.43. The van der Waals surface area contributed by atoms with Crippen LogP contribution in [-0.2, 0) is 0 Å². The molecule has 2 nitrogen and oxygen atoms in total. The van der Waals surface area contributed by atoms with E-state index in [4.69, 9.17) is 0 Å². The molecule has 0 unspecified atom stereocenters. The van der Waals surface area contributed by atoms with Crippen molar-refractivity contribution in [3.63, 3.8) is 0 Å². The lowest BCUT2D eigenvalue weighted by molar-refractivity contribution is 0.141. The molecule has 25 heavy (non-hydrogen) atoms. The third kappa shape index (κ3) is 6.75. The summed E-state index contributed by atoms with van der Waals surface area (Å²) in [5.74, 6) is 1.61. The minimum absolute atomic E-state index is 0.145. The molecule has 2 heteroatoms. The van der Waals surface area contributed by atoms with Gasteiger partial charge in [-0.25, -0.2) is 0 Å². The van der Waals surface area contributed by atoms with Crippen LogP contribution in [0.4, 0.5) is 0 Å². The van der Waals surface area contributed by atoms with Gasteiger partial charge in [0.25, 0.3) is 0 Å². The quantitative estimate of drug-likeness (QED) is 0.310. The average Bonchev–Trinajstić information content (AvgIpc) is 3.07. The smallest absolute Gasteiger partial charge is 0.0611 e. The van der Waals surface area contributed by atoms with E-state index in [1.165, 1.54) is 57.9 Å². The maximum absolute atomic E-state index is 10.4. The maximum atomic E-state index is 10.4. The fourth-order valence-electron chi connectivity index (χ4n) is 4.44. The molecule has 0 bridgehead atoms. The van der Waals surface area contributed by atoms with Gasteiger partial charge in [-0.15, -0.1) is 0 Å². The van der Waals surface area contributed by atoms with Crippen LogP contribution in [0.1, 0.15) is 64.7 Å². The number of fused-ring (bicyclic) bond motifs is 1. The van der Waals surface area contributed by atoms with E-state index in [1.807, 2.05) is 0 Å². The Bertz CT molecular complexity index is 463. The number of rotatable bonds is 11. The monoisotopic (exact) mass is 345 g/mol. The molecule has 0 saturated heterocycles. The summed E-state index contributed by atoms with van der Waals surface area (Å²) in [5, 5.41) is 10.4. The van der Waals surface area contributed by atoms with Crippen molar-refractivity contribution >= 4 is 0 Å². The molecule has 142 valence electrons. The first kappa shape index (κ1) is 20.5. The summed E-state index contributed by atoms with van der Waals surface area (Å²) in [6.07, 6.45) is 22.3. The Morgan fingerprint density at radius 2 is 2.00 bits per heavy atom. The van der Waals surface area contributed by atoms with Crippen LogP contribution in [0.2, 0.25) is 0 Å². The lowest BCUT2D eigenvalue weighted by Gasteiger charge is -2.18. The van der Waals surface area contributed by atoms with Gasteiger partial charge in [0.05, 0.1) is 6.10 Å². The summed E-state index contributed by atoms with van der Waals surface area (Å²) in [4.78, 5) is 2.27. The van der Waals surface area contributed by atoms with Gasteiger partial charge in [-0.2, -0.15) is 0 Å². The number of aliphatic hydroxyl groups excluding tert-OH is 1. The first-order valence-corrected chi connectivity index (χ1v) is 10.5. The van der Waals surface area contributed by atoms with Gasteiger partial charge in [0, 0.05) is 5.92 Å². The number of unbranched alkanes of at least 4 members (excludes halogenated alkanes) is 4. The standard InChI is InChI=1S/C23H39NO/c1-4-5-6-7-8-11-14-21-22-17-19(16-20(22)18-23(21)25)13-10-9-12-15-24(2)3/h7-8,11,14,16,20-23,25H,4-6,9-10,12-13,15,17-18H2,1-3H3/b8-7+,14-11+/t20-,21+,22-,23+/m0/s1. The predicted molar refractivity (Wildman–Crippen MR) is 109 cm³/mol. The highest BCUT2D eigenvalue weighted by atomic mass is 16.3. The molecule has 2 aliphatic rings. The Balaban J connectivity index is 1.73. The Morgan fingerprint density at radius 1 is 1.16 bits per heavy atom. The van der Waals surface area contributed by atoms with Gasteiger partial charge in [-0.1, -0.05) is 62.1 Å². The van der Waals surface area contributed by atoms with Crippen LogP contribution in [0.5, 0.6) is 0 Å². The van der Waals surface area contributed by atoms with Gasteiger partial charge in [0.2, 0.25) is 0 Å². The molecule has 0 spiro atoms. The van der Waals surface area contributed by atoms with Gasteiger partial charge in [0.1, 0.15) is 0 Å². The van der Waals surface area contributed by atoms with Crippen molar-refractivity contribution in [1.82, 2.24) is 4.90 Å². The zero-order valence-electron chi connectivity index (χ0n) is 16.7. The molecule has 0 aromatic heterocycles. The third-order valence-corrected chi connectivity index (χ3v) is 5.86. The van der Waals surface area contributed by atoms with E-state index in [1.54, 1.807) is 5.57 Å². The molecule has 0 aromatic rings. The zero-order chi connectivity index (χ0) is 18.1. The van der Waals surface area contributed by atoms with E-state index < -0.39 is 0 Å². The van der Waals surface area contributed by atoms with Crippen molar-refractivity contribution in [2.45, 2.75) is 70.8 Å². The molecule has 0 amide bonds. The van der Waals surface area contributed by atoms with Crippen LogP contribution >= 0.6 is 0 Å². The number of hydrogen-bond acceptors (Lipinski definition) is 2. The molecule has 1 saturated carbocycles. The highest BCUT2D eigenvalue weighted by Crippen LogP contribution is 2.48. The number of allylic oxidation sites excluding steroid dienone is 5. The van der Waals surface area contributed by atoms with Crippen molar-refractivity contribution < 1.29 is 5.11 Å². The van der Waals surface area contributed by atoms with E-state index in [9.17, 15) is 5.11 Å². The van der Waals surface area contributed by atoms with Crippen LogP contribution in [0, 0.1) is 17.8 Å². The topological polar surface area (TPSA) is 23.5 Å². The van der Waals surface area contributed by atoms with Gasteiger partial charge in [0.15, 0.2) is 0 Å². The lowest BCUT2D eigenvalue weighted by atomic mass is 9.89. The van der Waals surface area contributed by atoms with E-state index in [0.29, 0.717) is 17.8 Å². The molecule has 0 radical (unpaired) electrons. The fourth-order valence-corrected chi connectivity index (χ4v) is 4.44. The second-order valence-corrected chi connectivity index (χ2v) is 8.31. The van der Waals surface area contributed by atoms with E-state index in [0.717, 1.165) is 6.42 Å². The van der Waals surface area contributed by atoms with Gasteiger partial charge < -0.3 is 10.0 Å². The van der Waals surface area contributed by atoms with Gasteiger partial charge in [-0.3, -0.25) is 0 Å². The highest BCUT2D eigenvalue weighted by molar-refractivity contribution is 5.21. The molecule has 1 N–H and O–H groups in total. The lowest BCUT2D eigenvalue weighted by Crippen LogP contribution is -2.16. The van der Waals surface area contributed by atoms with Gasteiger partial charge in [-0.05, 0) is 71.0 Å². The molecule has 2 aliphatic carbocycles. The van der Waals surface area contributed by atoms with Crippen molar-refractivity contribution in [2.24, 2.45) is 17.8 Å². The molecule has 0 aromatic carbocycles. The van der Waals surface area contributed by atoms with E-state index in [2.05, 4.69) is 56.3 Å². The minimum atomic E-state index is -0.145. The van der Waals surface area contributed by atoms with Crippen LogP contribution in [0.15, 0.2) is 36.0 Å². The third-order valence-electron chi connectivity index (χ3n) is 5.86. The second-order valence-electron chi connectivity index (χ2n) is 8.31. The van der Waals surface area contributed by atoms with Gasteiger partial charge >= 0.3 is 0 Å². The number of hydrogen-bond donors (Lipinski definition) is 1. The molecule has 2 rings (SSSR count). The molecule has 0 aliphatic heterocycles. The van der Waals surface area contributed by atoms with E-state index in [-0.39, 0.29) is 6.10 Å². The SMILES string of the molecule is CCCC/C=C/C=C/[C@@H]1[C@H]2CC(CCCCCN(C)C)=C[C@H]2C[C@H]1O. The molecule has 0 heterocycles. The predicted octanol–water partition coefficient (Wildman–Crippen LogP) is 5.35. The second kappa shape index (κ2) is 11.0. The summed E-state index contributed by atoms with van der Waals surface area (Å²) in [6, 6.07) is 0. The summed E-state index contributed by atoms with van der Waals surface area (Å²) in [7, 11) is 4.30. The Hall–Kier alpha value is -0.860. The Labute approximate surface area is 155 Å². The molecule has 4 atom stereocenters. The maximum Gasteiger partial charge on any atom is 0.0611 e. The van der Waals surface area contributed by atoms with E-state index >= 15 is 0 Å². The Kier molecular flexibility index (Phi) is 8.98. The average molecular weight is 346 g/mol.